The van der Waals surface area contributed by atoms with Crippen molar-refractivity contribution in [1.82, 2.24) is 13.9 Å². The normalized spacial score (nSPS) is 26.6. The van der Waals surface area contributed by atoms with Crippen LogP contribution in [0.2, 0.25) is 0 Å². The lowest BCUT2D eigenvalue weighted by atomic mass is 9.78. The lowest BCUT2D eigenvalue weighted by molar-refractivity contribution is -0.162. The molecule has 0 spiro atoms. The van der Waals surface area contributed by atoms with E-state index in [1.807, 2.05) is 0 Å². The van der Waals surface area contributed by atoms with Gasteiger partial charge in [-0.1, -0.05) is 18.2 Å². The molecule has 3 aliphatic rings. The van der Waals surface area contributed by atoms with E-state index in [2.05, 4.69) is 4.72 Å². The van der Waals surface area contributed by atoms with Crippen LogP contribution in [-0.2, 0) is 21.4 Å². The molecule has 0 unspecified atom stereocenters. The largest absolute Gasteiger partial charge is 0.380 e. The molecule has 194 valence electrons. The minimum Gasteiger partial charge on any atom is -0.380 e. The fraction of sp³-hybridized carbons (Fsp3) is 0.480. The van der Waals surface area contributed by atoms with Gasteiger partial charge in [0.2, 0.25) is 0 Å². The van der Waals surface area contributed by atoms with E-state index in [-0.39, 0.29) is 35.1 Å². The van der Waals surface area contributed by atoms with Crippen LogP contribution >= 0.6 is 0 Å². The lowest BCUT2D eigenvalue weighted by Gasteiger charge is -2.42. The number of hydrogen-bond acceptors (Lipinski definition) is 4. The van der Waals surface area contributed by atoms with Crippen LogP contribution < -0.4 is 4.72 Å². The highest BCUT2D eigenvalue weighted by Crippen LogP contribution is 2.51. The smallest absolute Gasteiger partial charge is 0.279 e. The van der Waals surface area contributed by atoms with Gasteiger partial charge in [-0.05, 0) is 61.3 Å². The van der Waals surface area contributed by atoms with Crippen LogP contribution in [0, 0.1) is 23.4 Å². The van der Waals surface area contributed by atoms with E-state index in [4.69, 9.17) is 0 Å². The van der Waals surface area contributed by atoms with Crippen molar-refractivity contribution in [2.45, 2.75) is 55.8 Å². The molecule has 0 radical (unpaired) electrons. The van der Waals surface area contributed by atoms with Gasteiger partial charge >= 0.3 is 0 Å². The number of likely N-dealkylation sites (tertiary alicyclic amines) is 1. The summed E-state index contributed by atoms with van der Waals surface area (Å²) < 4.78 is 72.3. The van der Waals surface area contributed by atoms with Gasteiger partial charge in [-0.2, -0.15) is 17.4 Å². The minimum atomic E-state index is -3.85. The van der Waals surface area contributed by atoms with Crippen LogP contribution in [0.5, 0.6) is 0 Å². The van der Waals surface area contributed by atoms with Crippen molar-refractivity contribution in [2.24, 2.45) is 5.92 Å². The Morgan fingerprint density at radius 1 is 1.17 bits per heavy atom. The molecule has 0 aromatic heterocycles. The van der Waals surface area contributed by atoms with Crippen LogP contribution in [0.25, 0.3) is 11.1 Å². The fourth-order valence-electron chi connectivity index (χ4n) is 5.44. The molecule has 11 heteroatoms. The fourth-order valence-corrected chi connectivity index (χ4v) is 6.33. The number of carbonyl (C=O) groups excluding carboxylic acids is 1. The van der Waals surface area contributed by atoms with Gasteiger partial charge in [-0.25, -0.2) is 13.2 Å². The van der Waals surface area contributed by atoms with Gasteiger partial charge < -0.3 is 10.0 Å². The van der Waals surface area contributed by atoms with E-state index in [1.165, 1.54) is 26.2 Å². The molecule has 3 fully saturated rings. The first kappa shape index (κ1) is 25.2. The van der Waals surface area contributed by atoms with Gasteiger partial charge in [0.25, 0.3) is 16.1 Å². The Hall–Kier alpha value is -2.47. The third-order valence-electron chi connectivity index (χ3n) is 7.66. The molecule has 1 heterocycles. The number of nitrogens with zero attached hydrogens (tertiary/aromatic N) is 2. The Labute approximate surface area is 208 Å². The molecular weight excluding hydrogens is 495 g/mol. The second-order valence-corrected chi connectivity index (χ2v) is 12.1. The molecule has 2 aromatic rings. The quantitative estimate of drug-likeness (QED) is 0.584. The highest BCUT2D eigenvalue weighted by molar-refractivity contribution is 7.87. The summed E-state index contributed by atoms with van der Waals surface area (Å²) in [5, 5.41) is 10.8. The van der Waals surface area contributed by atoms with Crippen molar-refractivity contribution in [2.75, 3.05) is 14.1 Å². The Bertz CT molecular complexity index is 1300. The highest BCUT2D eigenvalue weighted by atomic mass is 32.2. The summed E-state index contributed by atoms with van der Waals surface area (Å²) in [7, 11) is -1.08. The number of piperidine rings is 1. The van der Waals surface area contributed by atoms with Crippen molar-refractivity contribution in [3.8, 4) is 11.1 Å². The average molecular weight is 524 g/mol. The van der Waals surface area contributed by atoms with E-state index in [9.17, 15) is 27.1 Å². The van der Waals surface area contributed by atoms with Gasteiger partial charge in [0.15, 0.2) is 0 Å². The number of halogens is 3. The number of amides is 1. The number of nitrogens with one attached hydrogen (secondary N) is 1. The first-order chi connectivity index (χ1) is 16.9. The molecule has 4 atom stereocenters. The van der Waals surface area contributed by atoms with Crippen molar-refractivity contribution >= 4 is 16.1 Å². The molecule has 5 rings (SSSR count). The van der Waals surface area contributed by atoms with Crippen molar-refractivity contribution in [3.63, 3.8) is 0 Å². The first-order valence-electron chi connectivity index (χ1n) is 11.9. The van der Waals surface area contributed by atoms with Gasteiger partial charge in [-0.3, -0.25) is 4.79 Å². The summed E-state index contributed by atoms with van der Waals surface area (Å²) in [6.45, 7) is 0. The molecule has 1 aliphatic heterocycles. The maximum atomic E-state index is 15.7. The van der Waals surface area contributed by atoms with Crippen LogP contribution in [0.3, 0.4) is 0 Å². The van der Waals surface area contributed by atoms with Gasteiger partial charge in [0.05, 0.1) is 6.04 Å². The number of carbonyl (C=O) groups is 1. The first-order valence-corrected chi connectivity index (χ1v) is 13.3. The molecule has 0 bridgehead atoms. The maximum Gasteiger partial charge on any atom is 0.279 e. The summed E-state index contributed by atoms with van der Waals surface area (Å²) in [4.78, 5) is 14.9. The van der Waals surface area contributed by atoms with E-state index < -0.39 is 51.3 Å². The maximum absolute atomic E-state index is 15.7. The molecule has 7 nitrogen and oxygen atoms in total. The van der Waals surface area contributed by atoms with Gasteiger partial charge in [-0.15, -0.1) is 0 Å². The standard InChI is InChI=1S/C25H28F3N3O4S/c1-30(2)36(34,35)29-23-19-13-20(19)31(24(32)25(33)7-4-8-25)21(23)11-14-5-3-6-18(22(14)28)15-9-16(26)12-17(27)10-15/h3,5-6,9-10,12,19-21,23,29,33H,4,7-8,11,13H2,1-2H3/t19-,20+,21+,23+/m0/s1. The molecule has 1 saturated heterocycles. The molecular formula is C25H28F3N3O4S. The zero-order chi connectivity index (χ0) is 26.0. The minimum absolute atomic E-state index is 0.00465. The number of rotatable bonds is 7. The third kappa shape index (κ3) is 4.31. The zero-order valence-corrected chi connectivity index (χ0v) is 20.7. The zero-order valence-electron chi connectivity index (χ0n) is 19.9. The summed E-state index contributed by atoms with van der Waals surface area (Å²) in [6, 6.07) is 5.58. The Balaban J connectivity index is 1.51. The van der Waals surface area contributed by atoms with Crippen molar-refractivity contribution in [1.29, 1.82) is 0 Å². The monoisotopic (exact) mass is 523 g/mol. The van der Waals surface area contributed by atoms with Crippen LogP contribution in [0.1, 0.15) is 31.2 Å². The molecule has 36 heavy (non-hydrogen) atoms. The number of benzene rings is 2. The van der Waals surface area contributed by atoms with Crippen LogP contribution in [0.15, 0.2) is 36.4 Å². The average Bonchev–Trinajstić information content (AvgIpc) is 3.50. The summed E-state index contributed by atoms with van der Waals surface area (Å²) in [5.41, 5.74) is -1.28. The second kappa shape index (κ2) is 8.83. The molecule has 2 N–H and O–H groups in total. The Morgan fingerprint density at radius 3 is 2.42 bits per heavy atom. The Morgan fingerprint density at radius 2 is 1.83 bits per heavy atom. The summed E-state index contributed by atoms with van der Waals surface area (Å²) >= 11 is 0. The van der Waals surface area contributed by atoms with Crippen molar-refractivity contribution < 1.29 is 31.5 Å². The highest BCUT2D eigenvalue weighted by Gasteiger charge is 2.63. The van der Waals surface area contributed by atoms with E-state index in [0.717, 1.165) is 16.4 Å². The number of fused-ring (bicyclic) bond motifs is 1. The topological polar surface area (TPSA) is 90.0 Å². The number of hydrogen-bond donors (Lipinski definition) is 2. The predicted molar refractivity (Wildman–Crippen MR) is 126 cm³/mol. The van der Waals surface area contributed by atoms with Crippen LogP contribution in [-0.4, -0.2) is 66.5 Å². The SMILES string of the molecule is CN(C)S(=O)(=O)N[C@@H]1[C@H]2C[C@H]2N(C(=O)C2(O)CCC2)[C@@H]1Cc1cccc(-c2cc(F)cc(F)c2)c1F. The van der Waals surface area contributed by atoms with Gasteiger partial charge in [0, 0.05) is 37.8 Å². The van der Waals surface area contributed by atoms with Gasteiger partial charge in [0.1, 0.15) is 23.1 Å². The van der Waals surface area contributed by atoms with Crippen LogP contribution in [0.4, 0.5) is 13.2 Å². The Kier molecular flexibility index (Phi) is 6.18. The van der Waals surface area contributed by atoms with E-state index >= 15 is 4.39 Å². The third-order valence-corrected chi connectivity index (χ3v) is 9.19. The molecule has 2 saturated carbocycles. The number of aliphatic hydroxyl groups is 1. The summed E-state index contributed by atoms with van der Waals surface area (Å²) in [5.74, 6) is -2.99. The molecule has 1 amide bonds. The summed E-state index contributed by atoms with van der Waals surface area (Å²) in [6.07, 6.45) is 1.92. The predicted octanol–water partition coefficient (Wildman–Crippen LogP) is 2.59. The lowest BCUT2D eigenvalue weighted by Crippen LogP contribution is -2.59. The second-order valence-electron chi connectivity index (χ2n) is 10.2. The molecule has 2 aromatic carbocycles. The van der Waals surface area contributed by atoms with E-state index in [1.54, 1.807) is 11.0 Å². The van der Waals surface area contributed by atoms with Crippen molar-refractivity contribution in [3.05, 3.63) is 59.4 Å². The van der Waals surface area contributed by atoms with E-state index in [0.29, 0.717) is 31.7 Å². The molecule has 2 aliphatic carbocycles.